The van der Waals surface area contributed by atoms with Gasteiger partial charge in [0.2, 0.25) is 5.91 Å². The molecular formula is C17H28N2O4. The Kier molecular flexibility index (Phi) is 9.79. The number of amides is 2. The number of hydrogen-bond donors (Lipinski definition) is 1. The molecule has 0 saturated heterocycles. The highest BCUT2D eigenvalue weighted by Crippen LogP contribution is 2.06. The van der Waals surface area contributed by atoms with Crippen molar-refractivity contribution in [3.63, 3.8) is 0 Å². The largest absolute Gasteiger partial charge is 0.472 e. The Morgan fingerprint density at radius 3 is 2.74 bits per heavy atom. The van der Waals surface area contributed by atoms with Crippen molar-refractivity contribution in [3.05, 3.63) is 24.2 Å². The average molecular weight is 324 g/mol. The average Bonchev–Trinajstić information content (AvgIpc) is 3.08. The van der Waals surface area contributed by atoms with Crippen LogP contribution in [0.4, 0.5) is 0 Å². The number of nitrogens with one attached hydrogen (secondary N) is 1. The summed E-state index contributed by atoms with van der Waals surface area (Å²) in [6.45, 7) is 4.11. The van der Waals surface area contributed by atoms with Gasteiger partial charge < -0.3 is 19.4 Å². The van der Waals surface area contributed by atoms with Crippen LogP contribution in [0.5, 0.6) is 0 Å². The highest BCUT2D eigenvalue weighted by molar-refractivity contribution is 5.94. The molecule has 1 aromatic heterocycles. The molecule has 0 atom stereocenters. The highest BCUT2D eigenvalue weighted by Gasteiger charge is 2.17. The van der Waals surface area contributed by atoms with Crippen LogP contribution in [0.15, 0.2) is 23.0 Å². The SMILES string of the molecule is CCCCCCNC(=O)CCN(CCOC)C(=O)c1ccoc1. The summed E-state index contributed by atoms with van der Waals surface area (Å²) in [5, 5.41) is 2.90. The minimum absolute atomic E-state index is 0.0242. The van der Waals surface area contributed by atoms with Crippen molar-refractivity contribution < 1.29 is 18.7 Å². The minimum atomic E-state index is -0.147. The third kappa shape index (κ3) is 7.83. The van der Waals surface area contributed by atoms with E-state index in [1.165, 1.54) is 25.4 Å². The van der Waals surface area contributed by atoms with Crippen LogP contribution in [0.2, 0.25) is 0 Å². The highest BCUT2D eigenvalue weighted by atomic mass is 16.5. The quantitative estimate of drug-likeness (QED) is 0.600. The van der Waals surface area contributed by atoms with Gasteiger partial charge in [0.15, 0.2) is 0 Å². The molecule has 1 rings (SSSR count). The number of unbranched alkanes of at least 4 members (excludes halogenated alkanes) is 3. The van der Waals surface area contributed by atoms with Crippen LogP contribution in [0.25, 0.3) is 0 Å². The van der Waals surface area contributed by atoms with E-state index >= 15 is 0 Å². The summed E-state index contributed by atoms with van der Waals surface area (Å²) in [6.07, 6.45) is 7.68. The van der Waals surface area contributed by atoms with E-state index in [1.807, 2.05) is 0 Å². The van der Waals surface area contributed by atoms with Gasteiger partial charge in [0, 0.05) is 33.2 Å². The van der Waals surface area contributed by atoms with Crippen LogP contribution in [-0.2, 0) is 9.53 Å². The Morgan fingerprint density at radius 1 is 1.26 bits per heavy atom. The molecule has 0 aliphatic rings. The normalized spacial score (nSPS) is 10.5. The van der Waals surface area contributed by atoms with E-state index in [-0.39, 0.29) is 11.8 Å². The molecule has 6 nitrogen and oxygen atoms in total. The predicted molar refractivity (Wildman–Crippen MR) is 88.3 cm³/mol. The number of carbonyl (C=O) groups is 2. The second-order valence-corrected chi connectivity index (χ2v) is 5.46. The molecule has 0 radical (unpaired) electrons. The molecule has 1 N–H and O–H groups in total. The van der Waals surface area contributed by atoms with Crippen molar-refractivity contribution in [2.24, 2.45) is 0 Å². The third-order valence-corrected chi connectivity index (χ3v) is 3.58. The summed E-state index contributed by atoms with van der Waals surface area (Å²) in [5.74, 6) is -0.171. The standard InChI is InChI=1S/C17H28N2O4/c1-3-4-5-6-9-18-16(20)7-10-19(11-13-22-2)17(21)15-8-12-23-14-15/h8,12,14H,3-7,9-11,13H2,1-2H3,(H,18,20). The fraction of sp³-hybridized carbons (Fsp3) is 0.647. The zero-order valence-corrected chi connectivity index (χ0v) is 14.2. The third-order valence-electron chi connectivity index (χ3n) is 3.58. The van der Waals surface area contributed by atoms with Crippen LogP contribution in [0, 0.1) is 0 Å². The number of carbonyl (C=O) groups excluding carboxylic acids is 2. The number of nitrogens with zero attached hydrogens (tertiary/aromatic N) is 1. The zero-order valence-electron chi connectivity index (χ0n) is 14.2. The Hall–Kier alpha value is -1.82. The first kappa shape index (κ1) is 19.2. The zero-order chi connectivity index (χ0) is 16.9. The Labute approximate surface area is 138 Å². The van der Waals surface area contributed by atoms with Gasteiger partial charge in [-0.25, -0.2) is 0 Å². The molecule has 0 unspecified atom stereocenters. The lowest BCUT2D eigenvalue weighted by Crippen LogP contribution is -2.37. The minimum Gasteiger partial charge on any atom is -0.472 e. The summed E-state index contributed by atoms with van der Waals surface area (Å²) in [6, 6.07) is 1.62. The molecule has 6 heteroatoms. The van der Waals surface area contributed by atoms with Gasteiger partial charge in [0.1, 0.15) is 6.26 Å². The van der Waals surface area contributed by atoms with Crippen LogP contribution in [0.1, 0.15) is 49.4 Å². The summed E-state index contributed by atoms with van der Waals surface area (Å²) in [7, 11) is 1.59. The van der Waals surface area contributed by atoms with Crippen LogP contribution in [0.3, 0.4) is 0 Å². The first-order chi connectivity index (χ1) is 11.2. The molecule has 0 bridgehead atoms. The van der Waals surface area contributed by atoms with E-state index in [1.54, 1.807) is 18.1 Å². The molecule has 0 fully saturated rings. The van der Waals surface area contributed by atoms with E-state index in [4.69, 9.17) is 9.15 Å². The number of hydrogen-bond acceptors (Lipinski definition) is 4. The van der Waals surface area contributed by atoms with E-state index in [0.29, 0.717) is 38.2 Å². The Balaban J connectivity index is 2.35. The molecule has 1 aromatic rings. The number of furan rings is 1. The topological polar surface area (TPSA) is 71.8 Å². The van der Waals surface area contributed by atoms with Crippen LogP contribution >= 0.6 is 0 Å². The van der Waals surface area contributed by atoms with E-state index in [0.717, 1.165) is 12.8 Å². The molecule has 23 heavy (non-hydrogen) atoms. The maximum Gasteiger partial charge on any atom is 0.257 e. The molecule has 0 aliphatic heterocycles. The van der Waals surface area contributed by atoms with Gasteiger partial charge >= 0.3 is 0 Å². The molecule has 0 aromatic carbocycles. The lowest BCUT2D eigenvalue weighted by Gasteiger charge is -2.21. The second-order valence-electron chi connectivity index (χ2n) is 5.46. The number of ether oxygens (including phenoxy) is 1. The van der Waals surface area contributed by atoms with Gasteiger partial charge in [-0.1, -0.05) is 26.2 Å². The maximum atomic E-state index is 12.3. The molecule has 0 saturated carbocycles. The summed E-state index contributed by atoms with van der Waals surface area (Å²) >= 11 is 0. The molecule has 2 amide bonds. The van der Waals surface area contributed by atoms with Crippen molar-refractivity contribution in [3.8, 4) is 0 Å². The van der Waals surface area contributed by atoms with E-state index in [9.17, 15) is 9.59 Å². The lowest BCUT2D eigenvalue weighted by molar-refractivity contribution is -0.121. The van der Waals surface area contributed by atoms with Gasteiger partial charge in [0.25, 0.3) is 5.91 Å². The van der Waals surface area contributed by atoms with Gasteiger partial charge in [-0.15, -0.1) is 0 Å². The Bertz CT molecular complexity index is 445. The van der Waals surface area contributed by atoms with Gasteiger partial charge in [-0.05, 0) is 12.5 Å². The summed E-state index contributed by atoms with van der Waals surface area (Å²) in [5.41, 5.74) is 0.487. The predicted octanol–water partition coefficient (Wildman–Crippen LogP) is 2.45. The first-order valence-corrected chi connectivity index (χ1v) is 8.26. The number of methoxy groups -OCH3 is 1. The monoisotopic (exact) mass is 324 g/mol. The van der Waals surface area contributed by atoms with E-state index < -0.39 is 0 Å². The van der Waals surface area contributed by atoms with Gasteiger partial charge in [-0.3, -0.25) is 9.59 Å². The van der Waals surface area contributed by atoms with Crippen molar-refractivity contribution in [1.29, 1.82) is 0 Å². The van der Waals surface area contributed by atoms with Gasteiger partial charge in [0.05, 0.1) is 18.4 Å². The number of rotatable bonds is 12. The van der Waals surface area contributed by atoms with Crippen LogP contribution < -0.4 is 5.32 Å². The Morgan fingerprint density at radius 2 is 2.09 bits per heavy atom. The van der Waals surface area contributed by atoms with Crippen molar-refractivity contribution >= 4 is 11.8 Å². The van der Waals surface area contributed by atoms with Gasteiger partial charge in [-0.2, -0.15) is 0 Å². The van der Waals surface area contributed by atoms with Crippen molar-refractivity contribution in [1.82, 2.24) is 10.2 Å². The second kappa shape index (κ2) is 11.7. The lowest BCUT2D eigenvalue weighted by atomic mass is 10.2. The molecule has 1 heterocycles. The fourth-order valence-corrected chi connectivity index (χ4v) is 2.19. The van der Waals surface area contributed by atoms with E-state index in [2.05, 4.69) is 12.2 Å². The first-order valence-electron chi connectivity index (χ1n) is 8.26. The smallest absolute Gasteiger partial charge is 0.257 e. The fourth-order valence-electron chi connectivity index (χ4n) is 2.19. The van der Waals surface area contributed by atoms with Crippen molar-refractivity contribution in [2.45, 2.75) is 39.0 Å². The van der Waals surface area contributed by atoms with Crippen molar-refractivity contribution in [2.75, 3.05) is 33.4 Å². The molecule has 0 spiro atoms. The summed E-state index contributed by atoms with van der Waals surface area (Å²) in [4.78, 5) is 25.8. The maximum absolute atomic E-state index is 12.3. The molecule has 0 aliphatic carbocycles. The van der Waals surface area contributed by atoms with Crippen LogP contribution in [-0.4, -0.2) is 50.1 Å². The summed E-state index contributed by atoms with van der Waals surface area (Å²) < 4.78 is 9.97. The molecular weight excluding hydrogens is 296 g/mol. The molecule has 130 valence electrons.